The summed E-state index contributed by atoms with van der Waals surface area (Å²) in [5.41, 5.74) is 0.923. The van der Waals surface area contributed by atoms with Gasteiger partial charge in [-0.15, -0.1) is 0 Å². The SMILES string of the molecule is O=C(OCc1ccccc1)N1CCC(C(O)C[N+](=O)[O-])CC1. The van der Waals surface area contributed by atoms with E-state index in [9.17, 15) is 20.0 Å². The Balaban J connectivity index is 1.74. The number of carbonyl (C=O) groups excluding carboxylic acids is 1. The van der Waals surface area contributed by atoms with Crippen LogP contribution in [0.3, 0.4) is 0 Å². The number of benzene rings is 1. The molecule has 1 fully saturated rings. The summed E-state index contributed by atoms with van der Waals surface area (Å²) in [7, 11) is 0. The number of aliphatic hydroxyl groups excluding tert-OH is 1. The topological polar surface area (TPSA) is 92.9 Å². The molecular weight excluding hydrogens is 288 g/mol. The third kappa shape index (κ3) is 4.70. The molecule has 1 aromatic rings. The van der Waals surface area contributed by atoms with Crippen molar-refractivity contribution in [1.82, 2.24) is 4.90 Å². The van der Waals surface area contributed by atoms with Crippen LogP contribution in [0.15, 0.2) is 30.3 Å². The van der Waals surface area contributed by atoms with Crippen molar-refractivity contribution < 1.29 is 19.6 Å². The van der Waals surface area contributed by atoms with Crippen LogP contribution in [0.4, 0.5) is 4.79 Å². The number of ether oxygens (including phenoxy) is 1. The highest BCUT2D eigenvalue weighted by atomic mass is 16.6. The normalized spacial score (nSPS) is 17.0. The molecule has 0 aliphatic carbocycles. The van der Waals surface area contributed by atoms with Crippen LogP contribution in [-0.4, -0.2) is 46.8 Å². The van der Waals surface area contributed by atoms with Gasteiger partial charge < -0.3 is 14.7 Å². The lowest BCUT2D eigenvalue weighted by molar-refractivity contribution is -0.492. The maximum absolute atomic E-state index is 12.0. The summed E-state index contributed by atoms with van der Waals surface area (Å²) in [6, 6.07) is 9.42. The molecule has 0 radical (unpaired) electrons. The smallest absolute Gasteiger partial charge is 0.410 e. The Morgan fingerprint density at radius 2 is 2.00 bits per heavy atom. The Morgan fingerprint density at radius 3 is 2.59 bits per heavy atom. The van der Waals surface area contributed by atoms with Crippen LogP contribution in [0.5, 0.6) is 0 Å². The highest BCUT2D eigenvalue weighted by molar-refractivity contribution is 5.67. The van der Waals surface area contributed by atoms with Crippen LogP contribution < -0.4 is 0 Å². The Morgan fingerprint density at radius 1 is 1.36 bits per heavy atom. The summed E-state index contributed by atoms with van der Waals surface area (Å²) in [5.74, 6) is -0.136. The summed E-state index contributed by atoms with van der Waals surface area (Å²) < 4.78 is 5.24. The van der Waals surface area contributed by atoms with Gasteiger partial charge in [-0.3, -0.25) is 10.1 Å². The number of nitro groups is 1. The fourth-order valence-electron chi connectivity index (χ4n) is 2.58. The van der Waals surface area contributed by atoms with Gasteiger partial charge in [0.2, 0.25) is 6.54 Å². The zero-order chi connectivity index (χ0) is 15.9. The van der Waals surface area contributed by atoms with Crippen molar-refractivity contribution in [3.05, 3.63) is 46.0 Å². The van der Waals surface area contributed by atoms with Crippen molar-refractivity contribution in [3.63, 3.8) is 0 Å². The Hall–Kier alpha value is -2.15. The summed E-state index contributed by atoms with van der Waals surface area (Å²) in [5, 5.41) is 20.2. The van der Waals surface area contributed by atoms with E-state index in [1.54, 1.807) is 4.90 Å². The number of piperidine rings is 1. The van der Waals surface area contributed by atoms with Gasteiger partial charge in [0.05, 0.1) is 0 Å². The molecule has 1 aliphatic rings. The van der Waals surface area contributed by atoms with Crippen molar-refractivity contribution in [2.75, 3.05) is 19.6 Å². The van der Waals surface area contributed by atoms with E-state index >= 15 is 0 Å². The molecule has 1 aromatic carbocycles. The minimum atomic E-state index is -0.947. The lowest BCUT2D eigenvalue weighted by Crippen LogP contribution is -2.42. The second kappa shape index (κ2) is 7.74. The molecule has 0 bridgehead atoms. The van der Waals surface area contributed by atoms with E-state index in [0.717, 1.165) is 5.56 Å². The van der Waals surface area contributed by atoms with E-state index in [0.29, 0.717) is 25.9 Å². The highest BCUT2D eigenvalue weighted by Crippen LogP contribution is 2.21. The van der Waals surface area contributed by atoms with Crippen molar-refractivity contribution >= 4 is 6.09 Å². The maximum Gasteiger partial charge on any atom is 0.410 e. The first-order chi connectivity index (χ1) is 10.6. The van der Waals surface area contributed by atoms with Crippen molar-refractivity contribution in [2.45, 2.75) is 25.6 Å². The number of nitrogens with zero attached hydrogens (tertiary/aromatic N) is 2. The Kier molecular flexibility index (Phi) is 5.71. The zero-order valence-electron chi connectivity index (χ0n) is 12.3. The zero-order valence-corrected chi connectivity index (χ0v) is 12.3. The number of hydrogen-bond acceptors (Lipinski definition) is 5. The van der Waals surface area contributed by atoms with Gasteiger partial charge >= 0.3 is 6.09 Å². The van der Waals surface area contributed by atoms with Crippen molar-refractivity contribution in [3.8, 4) is 0 Å². The Bertz CT molecular complexity index is 500. The van der Waals surface area contributed by atoms with Gasteiger partial charge in [0.15, 0.2) is 0 Å². The second-order valence-electron chi connectivity index (χ2n) is 5.45. The minimum absolute atomic E-state index is 0.136. The summed E-state index contributed by atoms with van der Waals surface area (Å²) in [4.78, 5) is 23.4. The first-order valence-electron chi connectivity index (χ1n) is 7.31. The fraction of sp³-hybridized carbons (Fsp3) is 0.533. The molecule has 1 heterocycles. The lowest BCUT2D eigenvalue weighted by Gasteiger charge is -2.32. The van der Waals surface area contributed by atoms with Gasteiger partial charge in [0.1, 0.15) is 12.7 Å². The quantitative estimate of drug-likeness (QED) is 0.660. The molecule has 2 rings (SSSR count). The van der Waals surface area contributed by atoms with E-state index in [-0.39, 0.29) is 18.6 Å². The molecule has 1 atom stereocenters. The molecule has 120 valence electrons. The van der Waals surface area contributed by atoms with Crippen LogP contribution >= 0.6 is 0 Å². The monoisotopic (exact) mass is 308 g/mol. The van der Waals surface area contributed by atoms with Gasteiger partial charge in [-0.05, 0) is 24.3 Å². The molecule has 0 saturated carbocycles. The van der Waals surface area contributed by atoms with E-state index < -0.39 is 17.6 Å². The Labute approximate surface area is 128 Å². The third-order valence-electron chi connectivity index (χ3n) is 3.88. The first kappa shape index (κ1) is 16.2. The molecule has 0 aromatic heterocycles. The van der Waals surface area contributed by atoms with Crippen LogP contribution in [0, 0.1) is 16.0 Å². The number of likely N-dealkylation sites (tertiary alicyclic amines) is 1. The average Bonchev–Trinajstić information content (AvgIpc) is 2.53. The van der Waals surface area contributed by atoms with Gasteiger partial charge in [-0.25, -0.2) is 4.79 Å². The average molecular weight is 308 g/mol. The highest BCUT2D eigenvalue weighted by Gasteiger charge is 2.30. The summed E-state index contributed by atoms with van der Waals surface area (Å²) in [6.45, 7) is 0.687. The molecule has 0 spiro atoms. The minimum Gasteiger partial charge on any atom is -0.445 e. The third-order valence-corrected chi connectivity index (χ3v) is 3.88. The van der Waals surface area contributed by atoms with Crippen LogP contribution in [-0.2, 0) is 11.3 Å². The van der Waals surface area contributed by atoms with Gasteiger partial charge in [-0.2, -0.15) is 0 Å². The van der Waals surface area contributed by atoms with Gasteiger partial charge in [0.25, 0.3) is 0 Å². The molecular formula is C15H20N2O5. The number of rotatable bonds is 5. The van der Waals surface area contributed by atoms with Crippen LogP contribution in [0.2, 0.25) is 0 Å². The van der Waals surface area contributed by atoms with Gasteiger partial charge in [-0.1, -0.05) is 30.3 Å². The van der Waals surface area contributed by atoms with E-state index in [1.165, 1.54) is 0 Å². The van der Waals surface area contributed by atoms with E-state index in [1.807, 2.05) is 30.3 Å². The molecule has 1 amide bonds. The largest absolute Gasteiger partial charge is 0.445 e. The molecule has 7 heteroatoms. The first-order valence-corrected chi connectivity index (χ1v) is 7.31. The molecule has 1 saturated heterocycles. The second-order valence-corrected chi connectivity index (χ2v) is 5.45. The van der Waals surface area contributed by atoms with E-state index in [4.69, 9.17) is 4.74 Å². The van der Waals surface area contributed by atoms with Crippen molar-refractivity contribution in [2.24, 2.45) is 5.92 Å². The fourth-order valence-corrected chi connectivity index (χ4v) is 2.58. The predicted octanol–water partition coefficient (Wildman–Crippen LogP) is 1.67. The summed E-state index contributed by atoms with van der Waals surface area (Å²) in [6.07, 6.45) is -0.228. The standard InChI is InChI=1S/C15H20N2O5/c18-14(10-17(20)21)13-6-8-16(9-7-13)15(19)22-11-12-4-2-1-3-5-12/h1-5,13-14,18H,6-11H2. The molecule has 7 nitrogen and oxygen atoms in total. The van der Waals surface area contributed by atoms with E-state index in [2.05, 4.69) is 0 Å². The predicted molar refractivity (Wildman–Crippen MR) is 78.8 cm³/mol. The molecule has 22 heavy (non-hydrogen) atoms. The van der Waals surface area contributed by atoms with Crippen molar-refractivity contribution in [1.29, 1.82) is 0 Å². The maximum atomic E-state index is 12.0. The molecule has 1 aliphatic heterocycles. The molecule has 1 unspecified atom stereocenters. The molecule has 1 N–H and O–H groups in total. The lowest BCUT2D eigenvalue weighted by atomic mass is 9.91. The number of aliphatic hydroxyl groups is 1. The van der Waals surface area contributed by atoms with Gasteiger partial charge in [0, 0.05) is 18.0 Å². The van der Waals surface area contributed by atoms with Crippen LogP contribution in [0.1, 0.15) is 18.4 Å². The number of amides is 1. The van der Waals surface area contributed by atoms with Crippen LogP contribution in [0.25, 0.3) is 0 Å². The number of carbonyl (C=O) groups is 1. The summed E-state index contributed by atoms with van der Waals surface area (Å²) >= 11 is 0. The number of hydrogen-bond donors (Lipinski definition) is 1.